The van der Waals surface area contributed by atoms with Crippen LogP contribution in [0.25, 0.3) is 0 Å². The fraction of sp³-hybridized carbons (Fsp3) is 0.294. The van der Waals surface area contributed by atoms with Gasteiger partial charge in [-0.2, -0.15) is 0 Å². The number of nitrogens with one attached hydrogen (secondary N) is 1. The van der Waals surface area contributed by atoms with Crippen molar-refractivity contribution in [3.8, 4) is 5.75 Å². The van der Waals surface area contributed by atoms with Gasteiger partial charge in [0.2, 0.25) is 0 Å². The molecule has 1 atom stereocenters. The lowest BCUT2D eigenvalue weighted by Crippen LogP contribution is -2.30. The molecule has 21 heavy (non-hydrogen) atoms. The standard InChI is InChI=1S/C17H20BrNOS/c1-19-15(12-21-16-6-4-3-5-7-16)11-13-10-14(18)8-9-17(13)20-2/h3-10,15,19H,11-12H2,1-2H3. The molecule has 1 unspecified atom stereocenters. The molecule has 4 heteroatoms. The zero-order valence-electron chi connectivity index (χ0n) is 12.3. The van der Waals surface area contributed by atoms with Crippen LogP contribution >= 0.6 is 27.7 Å². The van der Waals surface area contributed by atoms with Crippen LogP contribution in [0.2, 0.25) is 0 Å². The number of halogens is 1. The monoisotopic (exact) mass is 365 g/mol. The van der Waals surface area contributed by atoms with Gasteiger partial charge in [-0.15, -0.1) is 11.8 Å². The third kappa shape index (κ3) is 5.06. The van der Waals surface area contributed by atoms with Crippen LogP contribution in [0.1, 0.15) is 5.56 Å². The summed E-state index contributed by atoms with van der Waals surface area (Å²) in [5.41, 5.74) is 1.22. The summed E-state index contributed by atoms with van der Waals surface area (Å²) in [4.78, 5) is 1.30. The third-order valence-electron chi connectivity index (χ3n) is 3.31. The molecule has 0 bridgehead atoms. The van der Waals surface area contributed by atoms with Crippen LogP contribution in [0.3, 0.4) is 0 Å². The molecule has 0 saturated carbocycles. The summed E-state index contributed by atoms with van der Waals surface area (Å²) < 4.78 is 6.54. The maximum absolute atomic E-state index is 5.45. The summed E-state index contributed by atoms with van der Waals surface area (Å²) in [5, 5.41) is 3.40. The van der Waals surface area contributed by atoms with Crippen LogP contribution in [0.4, 0.5) is 0 Å². The molecule has 0 aliphatic rings. The van der Waals surface area contributed by atoms with Crippen molar-refractivity contribution in [2.24, 2.45) is 0 Å². The lowest BCUT2D eigenvalue weighted by Gasteiger charge is -2.18. The Morgan fingerprint density at radius 3 is 2.62 bits per heavy atom. The zero-order chi connectivity index (χ0) is 15.1. The lowest BCUT2D eigenvalue weighted by molar-refractivity contribution is 0.407. The Morgan fingerprint density at radius 1 is 1.19 bits per heavy atom. The molecule has 0 amide bonds. The van der Waals surface area contributed by atoms with Gasteiger partial charge in [0.15, 0.2) is 0 Å². The molecule has 0 aliphatic carbocycles. The van der Waals surface area contributed by atoms with Crippen LogP contribution in [0.15, 0.2) is 57.9 Å². The van der Waals surface area contributed by atoms with Gasteiger partial charge in [0.1, 0.15) is 5.75 Å². The molecule has 2 rings (SSSR count). The van der Waals surface area contributed by atoms with Gasteiger partial charge in [-0.3, -0.25) is 0 Å². The normalized spacial score (nSPS) is 12.1. The van der Waals surface area contributed by atoms with Crippen molar-refractivity contribution in [2.75, 3.05) is 19.9 Å². The highest BCUT2D eigenvalue weighted by atomic mass is 79.9. The van der Waals surface area contributed by atoms with Crippen LogP contribution < -0.4 is 10.1 Å². The molecule has 2 aromatic rings. The Morgan fingerprint density at radius 2 is 1.95 bits per heavy atom. The van der Waals surface area contributed by atoms with E-state index in [-0.39, 0.29) is 0 Å². The van der Waals surface area contributed by atoms with Crippen molar-refractivity contribution in [2.45, 2.75) is 17.4 Å². The molecule has 0 saturated heterocycles. The van der Waals surface area contributed by atoms with E-state index in [0.717, 1.165) is 22.4 Å². The highest BCUT2D eigenvalue weighted by Crippen LogP contribution is 2.26. The number of hydrogen-bond acceptors (Lipinski definition) is 3. The summed E-state index contributed by atoms with van der Waals surface area (Å²) >= 11 is 5.41. The van der Waals surface area contributed by atoms with E-state index in [4.69, 9.17) is 4.74 Å². The van der Waals surface area contributed by atoms with E-state index in [9.17, 15) is 0 Å². The highest BCUT2D eigenvalue weighted by Gasteiger charge is 2.12. The quantitative estimate of drug-likeness (QED) is 0.735. The molecular formula is C17H20BrNOS. The van der Waals surface area contributed by atoms with E-state index in [1.807, 2.05) is 37.0 Å². The summed E-state index contributed by atoms with van der Waals surface area (Å²) in [5.74, 6) is 1.97. The molecular weight excluding hydrogens is 346 g/mol. The van der Waals surface area contributed by atoms with E-state index in [1.165, 1.54) is 10.5 Å². The highest BCUT2D eigenvalue weighted by molar-refractivity contribution is 9.10. The van der Waals surface area contributed by atoms with E-state index >= 15 is 0 Å². The number of thioether (sulfide) groups is 1. The fourth-order valence-electron chi connectivity index (χ4n) is 2.13. The second-order valence-corrected chi connectivity index (χ2v) is 6.78. The maximum Gasteiger partial charge on any atom is 0.122 e. The van der Waals surface area contributed by atoms with Gasteiger partial charge in [-0.25, -0.2) is 0 Å². The number of hydrogen-bond donors (Lipinski definition) is 1. The summed E-state index contributed by atoms with van der Waals surface area (Å²) in [6.45, 7) is 0. The fourth-order valence-corrected chi connectivity index (χ4v) is 3.57. The first-order chi connectivity index (χ1) is 10.2. The third-order valence-corrected chi connectivity index (χ3v) is 4.98. The molecule has 0 heterocycles. The maximum atomic E-state index is 5.45. The lowest BCUT2D eigenvalue weighted by atomic mass is 10.1. The van der Waals surface area contributed by atoms with E-state index < -0.39 is 0 Å². The number of likely N-dealkylation sites (N-methyl/N-ethyl adjacent to an activating group) is 1. The molecule has 2 nitrogen and oxygen atoms in total. The van der Waals surface area contributed by atoms with Gasteiger partial charge < -0.3 is 10.1 Å². The van der Waals surface area contributed by atoms with Gasteiger partial charge in [0, 0.05) is 21.2 Å². The smallest absolute Gasteiger partial charge is 0.122 e. The van der Waals surface area contributed by atoms with Gasteiger partial charge in [-0.1, -0.05) is 34.1 Å². The van der Waals surface area contributed by atoms with E-state index in [2.05, 4.69) is 51.6 Å². The topological polar surface area (TPSA) is 21.3 Å². The number of benzene rings is 2. The van der Waals surface area contributed by atoms with Crippen LogP contribution in [0, 0.1) is 0 Å². The zero-order valence-corrected chi connectivity index (χ0v) is 14.7. The van der Waals surface area contributed by atoms with Crippen molar-refractivity contribution >= 4 is 27.7 Å². The SMILES string of the molecule is CNC(CSc1ccccc1)Cc1cc(Br)ccc1OC. The van der Waals surface area contributed by atoms with Crippen molar-refractivity contribution < 1.29 is 4.74 Å². The first-order valence-electron chi connectivity index (χ1n) is 6.90. The first-order valence-corrected chi connectivity index (χ1v) is 8.68. The minimum Gasteiger partial charge on any atom is -0.496 e. The van der Waals surface area contributed by atoms with E-state index in [0.29, 0.717) is 6.04 Å². The van der Waals surface area contributed by atoms with Gasteiger partial charge in [-0.05, 0) is 49.4 Å². The summed E-state index contributed by atoms with van der Waals surface area (Å²) in [7, 11) is 3.74. The van der Waals surface area contributed by atoms with Gasteiger partial charge in [0.25, 0.3) is 0 Å². The average Bonchev–Trinajstić information content (AvgIpc) is 2.52. The minimum absolute atomic E-state index is 0.401. The summed E-state index contributed by atoms with van der Waals surface area (Å²) in [6, 6.07) is 17.1. The molecule has 1 N–H and O–H groups in total. The first kappa shape index (κ1) is 16.4. The van der Waals surface area contributed by atoms with E-state index in [1.54, 1.807) is 7.11 Å². The average molecular weight is 366 g/mol. The predicted octanol–water partition coefficient (Wildman–Crippen LogP) is 4.38. The van der Waals surface area contributed by atoms with Crippen LogP contribution in [0.5, 0.6) is 5.75 Å². The molecule has 0 spiro atoms. The largest absolute Gasteiger partial charge is 0.496 e. The predicted molar refractivity (Wildman–Crippen MR) is 94.4 cm³/mol. The molecule has 0 aromatic heterocycles. The molecule has 0 aliphatic heterocycles. The molecule has 0 radical (unpaired) electrons. The second kappa shape index (κ2) is 8.47. The molecule has 0 fully saturated rings. The Labute approximate surface area is 139 Å². The van der Waals surface area contributed by atoms with Gasteiger partial charge >= 0.3 is 0 Å². The molecule has 112 valence electrons. The minimum atomic E-state index is 0.401. The second-order valence-electron chi connectivity index (χ2n) is 4.77. The van der Waals surface area contributed by atoms with Crippen molar-refractivity contribution in [3.63, 3.8) is 0 Å². The Hall–Kier alpha value is -0.970. The van der Waals surface area contributed by atoms with Crippen molar-refractivity contribution in [1.29, 1.82) is 0 Å². The van der Waals surface area contributed by atoms with Crippen molar-refractivity contribution in [3.05, 3.63) is 58.6 Å². The number of ether oxygens (including phenoxy) is 1. The number of methoxy groups -OCH3 is 1. The Balaban J connectivity index is 2.00. The molecule has 2 aromatic carbocycles. The Kier molecular flexibility index (Phi) is 6.61. The number of rotatable bonds is 7. The Bertz CT molecular complexity index is 562. The van der Waals surface area contributed by atoms with Gasteiger partial charge in [0.05, 0.1) is 7.11 Å². The van der Waals surface area contributed by atoms with Crippen LogP contribution in [-0.2, 0) is 6.42 Å². The summed E-state index contributed by atoms with van der Waals surface area (Å²) in [6.07, 6.45) is 0.943. The van der Waals surface area contributed by atoms with Crippen LogP contribution in [-0.4, -0.2) is 26.0 Å². The van der Waals surface area contributed by atoms with Crippen molar-refractivity contribution in [1.82, 2.24) is 5.32 Å².